The molecule has 256 valence electrons. The number of aromatic nitrogens is 1. The van der Waals surface area contributed by atoms with Crippen LogP contribution in [0.4, 0.5) is 10.1 Å². The van der Waals surface area contributed by atoms with Crippen LogP contribution in [0.25, 0.3) is 17.0 Å². The van der Waals surface area contributed by atoms with E-state index in [2.05, 4.69) is 5.32 Å². The molecule has 0 spiro atoms. The zero-order valence-electron chi connectivity index (χ0n) is 28.4. The molecule has 1 saturated carbocycles. The molecule has 1 aromatic heterocycles. The second kappa shape index (κ2) is 15.7. The Morgan fingerprint density at radius 1 is 0.978 bits per heavy atom. The summed E-state index contributed by atoms with van der Waals surface area (Å²) in [6, 6.07) is 3.13. The van der Waals surface area contributed by atoms with Crippen molar-refractivity contribution in [2.24, 2.45) is 10.8 Å². The molecule has 10 nitrogen and oxygen atoms in total. The first-order valence-corrected chi connectivity index (χ1v) is 17.7. The van der Waals surface area contributed by atoms with E-state index in [0.717, 1.165) is 44.3 Å². The Morgan fingerprint density at radius 2 is 1.52 bits per heavy atom. The highest BCUT2D eigenvalue weighted by Crippen LogP contribution is 2.50. The van der Waals surface area contributed by atoms with Crippen LogP contribution in [0, 0.1) is 16.6 Å². The molecule has 1 aromatic carbocycles. The van der Waals surface area contributed by atoms with Gasteiger partial charge in [-0.3, -0.25) is 28.0 Å². The van der Waals surface area contributed by atoms with Crippen LogP contribution in [0.3, 0.4) is 0 Å². The summed E-state index contributed by atoms with van der Waals surface area (Å²) in [6.45, 7) is 12.6. The number of hydrogen-bond acceptors (Lipinski definition) is 9. The van der Waals surface area contributed by atoms with Crippen LogP contribution in [-0.4, -0.2) is 36.1 Å². The van der Waals surface area contributed by atoms with E-state index < -0.39 is 55.2 Å². The number of carbonyl (C=O) groups excluding carboxylic acids is 2. The van der Waals surface area contributed by atoms with Crippen molar-refractivity contribution in [2.45, 2.75) is 112 Å². The minimum atomic E-state index is -4.24. The van der Waals surface area contributed by atoms with Crippen molar-refractivity contribution in [2.75, 3.05) is 18.9 Å². The van der Waals surface area contributed by atoms with E-state index in [1.54, 1.807) is 53.8 Å². The fourth-order valence-corrected chi connectivity index (χ4v) is 6.09. The zero-order chi connectivity index (χ0) is 34.3. The highest BCUT2D eigenvalue weighted by atomic mass is 31.2. The summed E-state index contributed by atoms with van der Waals surface area (Å²) in [4.78, 5) is 38.2. The molecule has 0 radical (unpaired) electrons. The largest absolute Gasteiger partial charge is 0.438 e. The van der Waals surface area contributed by atoms with Gasteiger partial charge in [0, 0.05) is 35.0 Å². The Hall–Kier alpha value is -3.01. The van der Waals surface area contributed by atoms with Crippen molar-refractivity contribution in [3.63, 3.8) is 0 Å². The van der Waals surface area contributed by atoms with E-state index >= 15 is 4.39 Å². The number of esters is 2. The van der Waals surface area contributed by atoms with Crippen molar-refractivity contribution in [3.05, 3.63) is 45.8 Å². The fourth-order valence-electron chi connectivity index (χ4n) is 5.11. The average Bonchev–Trinajstić information content (AvgIpc) is 2.98. The molecule has 1 aliphatic carbocycles. The summed E-state index contributed by atoms with van der Waals surface area (Å²) >= 11 is 0. The lowest BCUT2D eigenvalue weighted by atomic mass is 9.95. The number of nitrogens with one attached hydrogen (secondary N) is 1. The van der Waals surface area contributed by atoms with Crippen LogP contribution in [0.15, 0.2) is 28.9 Å². The minimum absolute atomic E-state index is 0.00355. The van der Waals surface area contributed by atoms with Gasteiger partial charge in [0.05, 0.1) is 22.0 Å². The normalized spacial score (nSPS) is 15.1. The molecule has 0 amide bonds. The lowest BCUT2D eigenvalue weighted by Gasteiger charge is -2.25. The summed E-state index contributed by atoms with van der Waals surface area (Å²) in [5, 5.41) is 3.53. The summed E-state index contributed by atoms with van der Waals surface area (Å²) < 4.78 is 52.1. The standard InChI is InChI=1S/C34H50FN2O8P/c1-9-25(10-2)37-20-23(30(38)26-18-27(35)28(19-29(26)37)36-24-14-12-11-13-15-24)16-17-46(41,44-21-42-31(39)33(3,4)5)45-22-43-32(40)34(6,7)8/h16-20,24-25,36H,9-15,21-22H2,1-8H3/b17-16+. The second-order valence-electron chi connectivity index (χ2n) is 13.8. The third kappa shape index (κ3) is 9.99. The van der Waals surface area contributed by atoms with E-state index in [1.807, 2.05) is 18.4 Å². The number of pyridine rings is 1. The summed E-state index contributed by atoms with van der Waals surface area (Å²) in [5.74, 6) is -0.655. The molecule has 0 aliphatic heterocycles. The molecular formula is C34H50FN2O8P. The molecule has 1 aliphatic rings. The fraction of sp³-hybridized carbons (Fsp3) is 0.618. The predicted octanol–water partition coefficient (Wildman–Crippen LogP) is 8.54. The van der Waals surface area contributed by atoms with Gasteiger partial charge in [-0.15, -0.1) is 0 Å². The van der Waals surface area contributed by atoms with Gasteiger partial charge in [-0.25, -0.2) is 4.39 Å². The van der Waals surface area contributed by atoms with Crippen molar-refractivity contribution in [1.29, 1.82) is 0 Å². The molecule has 0 unspecified atom stereocenters. The lowest BCUT2D eigenvalue weighted by Crippen LogP contribution is -2.24. The molecule has 1 heterocycles. The summed E-state index contributed by atoms with van der Waals surface area (Å²) in [7, 11) is -4.24. The topological polar surface area (TPSA) is 122 Å². The molecule has 3 rings (SSSR count). The van der Waals surface area contributed by atoms with E-state index in [0.29, 0.717) is 11.2 Å². The van der Waals surface area contributed by atoms with E-state index in [-0.39, 0.29) is 23.0 Å². The first kappa shape index (κ1) is 37.4. The maximum absolute atomic E-state index is 15.4. The van der Waals surface area contributed by atoms with Crippen molar-refractivity contribution < 1.29 is 37.1 Å². The van der Waals surface area contributed by atoms with Crippen LogP contribution < -0.4 is 10.7 Å². The molecule has 0 bridgehead atoms. The molecule has 12 heteroatoms. The third-order valence-corrected chi connectivity index (χ3v) is 9.40. The van der Waals surface area contributed by atoms with Crippen LogP contribution >= 0.6 is 7.60 Å². The smallest absolute Gasteiger partial charge is 0.360 e. The summed E-state index contributed by atoms with van der Waals surface area (Å²) in [6.07, 6.45) is 9.75. The predicted molar refractivity (Wildman–Crippen MR) is 178 cm³/mol. The maximum atomic E-state index is 15.4. The van der Waals surface area contributed by atoms with Gasteiger partial charge in [0.2, 0.25) is 13.6 Å². The Morgan fingerprint density at radius 3 is 2.02 bits per heavy atom. The quantitative estimate of drug-likeness (QED) is 0.128. The number of nitrogens with zero attached hydrogens (tertiary/aromatic N) is 1. The Kier molecular flexibility index (Phi) is 12.8. The highest BCUT2D eigenvalue weighted by Gasteiger charge is 2.29. The van der Waals surface area contributed by atoms with E-state index in [9.17, 15) is 18.9 Å². The summed E-state index contributed by atoms with van der Waals surface area (Å²) in [5.41, 5.74) is -1.06. The van der Waals surface area contributed by atoms with Crippen LogP contribution in [0.2, 0.25) is 0 Å². The zero-order valence-corrected chi connectivity index (χ0v) is 29.3. The number of fused-ring (bicyclic) bond motifs is 1. The van der Waals surface area contributed by atoms with E-state index in [1.165, 1.54) is 18.6 Å². The maximum Gasteiger partial charge on any atom is 0.360 e. The number of carbonyl (C=O) groups is 2. The Bertz CT molecular complexity index is 1480. The van der Waals surface area contributed by atoms with Crippen molar-refractivity contribution in [1.82, 2.24) is 4.57 Å². The SMILES string of the molecule is CCC(CC)n1cc(/C=C/P(=O)(OCOC(=O)C(C)(C)C)OCOC(=O)C(C)(C)C)c(=O)c2cc(F)c(NC3CCCCC3)cc21. The number of anilines is 1. The first-order chi connectivity index (χ1) is 21.5. The number of halogens is 1. The molecule has 1 fully saturated rings. The molecular weight excluding hydrogens is 614 g/mol. The Balaban J connectivity index is 2.01. The average molecular weight is 665 g/mol. The van der Waals surface area contributed by atoms with Crippen LogP contribution in [0.5, 0.6) is 0 Å². The van der Waals surface area contributed by atoms with Gasteiger partial charge in [0.15, 0.2) is 5.43 Å². The van der Waals surface area contributed by atoms with Gasteiger partial charge in [0.1, 0.15) is 5.82 Å². The molecule has 0 saturated heterocycles. The van der Waals surface area contributed by atoms with Crippen molar-refractivity contribution in [3.8, 4) is 0 Å². The molecule has 2 aromatic rings. The van der Waals surface area contributed by atoms with Crippen LogP contribution in [-0.2, 0) is 32.7 Å². The highest BCUT2D eigenvalue weighted by molar-refractivity contribution is 7.57. The van der Waals surface area contributed by atoms with Crippen LogP contribution in [0.1, 0.15) is 112 Å². The third-order valence-electron chi connectivity index (χ3n) is 7.96. The minimum Gasteiger partial charge on any atom is -0.438 e. The second-order valence-corrected chi connectivity index (χ2v) is 15.7. The first-order valence-electron chi connectivity index (χ1n) is 16.1. The monoisotopic (exact) mass is 664 g/mol. The lowest BCUT2D eigenvalue weighted by molar-refractivity contribution is -0.161. The van der Waals surface area contributed by atoms with Gasteiger partial charge in [0.25, 0.3) is 0 Å². The number of rotatable bonds is 13. The van der Waals surface area contributed by atoms with E-state index in [4.69, 9.17) is 18.5 Å². The van der Waals surface area contributed by atoms with Gasteiger partial charge in [-0.1, -0.05) is 33.1 Å². The van der Waals surface area contributed by atoms with Crippen molar-refractivity contribution >= 4 is 42.2 Å². The number of hydrogen-bond donors (Lipinski definition) is 1. The Labute approximate surface area is 271 Å². The number of ether oxygens (including phenoxy) is 2. The molecule has 1 N–H and O–H groups in total. The molecule has 0 atom stereocenters. The van der Waals surface area contributed by atoms with Gasteiger partial charge in [-0.05, 0) is 85.4 Å². The molecule has 46 heavy (non-hydrogen) atoms. The van der Waals surface area contributed by atoms with Gasteiger partial charge >= 0.3 is 19.5 Å². The van der Waals surface area contributed by atoms with Gasteiger partial charge in [-0.2, -0.15) is 0 Å². The van der Waals surface area contributed by atoms with Gasteiger partial charge < -0.3 is 19.4 Å². The number of benzene rings is 1.